The molecule has 2 unspecified atom stereocenters. The Morgan fingerprint density at radius 1 is 0.885 bits per heavy atom. The van der Waals surface area contributed by atoms with Crippen molar-refractivity contribution in [1.29, 1.82) is 0 Å². The minimum atomic E-state index is -0.594. The van der Waals surface area contributed by atoms with E-state index in [0.717, 1.165) is 11.1 Å². The predicted octanol–water partition coefficient (Wildman–Crippen LogP) is 3.64. The first-order valence-electron chi connectivity index (χ1n) is 8.97. The standard InChI is InChI=1S/C22H28N2O2/c1-16(23-21(26)22(2,3)4)20(25)24-19(18-13-9-6-10-14-18)15-17-11-7-5-8-12-17/h5-14,16,19H,15H2,1-4H3,(H,23,26)(H,24,25). The van der Waals surface area contributed by atoms with Crippen molar-refractivity contribution in [2.75, 3.05) is 0 Å². The van der Waals surface area contributed by atoms with Crippen LogP contribution in [-0.2, 0) is 16.0 Å². The quantitative estimate of drug-likeness (QED) is 0.834. The van der Waals surface area contributed by atoms with E-state index >= 15 is 0 Å². The Morgan fingerprint density at radius 3 is 1.96 bits per heavy atom. The molecule has 0 saturated carbocycles. The maximum absolute atomic E-state index is 12.7. The summed E-state index contributed by atoms with van der Waals surface area (Å²) < 4.78 is 0. The minimum absolute atomic E-state index is 0.139. The smallest absolute Gasteiger partial charge is 0.242 e. The Bertz CT molecular complexity index is 721. The summed E-state index contributed by atoms with van der Waals surface area (Å²) >= 11 is 0. The molecule has 2 rings (SSSR count). The van der Waals surface area contributed by atoms with Crippen molar-refractivity contribution in [3.63, 3.8) is 0 Å². The summed E-state index contributed by atoms with van der Waals surface area (Å²) in [5, 5.41) is 5.87. The van der Waals surface area contributed by atoms with Crippen LogP contribution in [0.3, 0.4) is 0 Å². The average molecular weight is 352 g/mol. The van der Waals surface area contributed by atoms with Gasteiger partial charge in [0.05, 0.1) is 6.04 Å². The molecular formula is C22H28N2O2. The first-order chi connectivity index (χ1) is 12.3. The molecule has 0 saturated heterocycles. The van der Waals surface area contributed by atoms with Crippen LogP contribution in [0.5, 0.6) is 0 Å². The number of nitrogens with one attached hydrogen (secondary N) is 2. The molecule has 26 heavy (non-hydrogen) atoms. The van der Waals surface area contributed by atoms with Gasteiger partial charge in [0.15, 0.2) is 0 Å². The molecule has 2 amide bonds. The Balaban J connectivity index is 2.11. The van der Waals surface area contributed by atoms with Gasteiger partial charge in [-0.1, -0.05) is 81.4 Å². The van der Waals surface area contributed by atoms with Crippen LogP contribution in [0.15, 0.2) is 60.7 Å². The summed E-state index contributed by atoms with van der Waals surface area (Å²) in [6, 6.07) is 19.2. The van der Waals surface area contributed by atoms with E-state index in [0.29, 0.717) is 6.42 Å². The lowest BCUT2D eigenvalue weighted by Gasteiger charge is -2.24. The molecule has 0 fully saturated rings. The number of carbonyl (C=O) groups is 2. The monoisotopic (exact) mass is 352 g/mol. The third-order valence-corrected chi connectivity index (χ3v) is 4.22. The second-order valence-electron chi connectivity index (χ2n) is 7.61. The Labute approximate surface area is 156 Å². The molecule has 4 nitrogen and oxygen atoms in total. The Kier molecular flexibility index (Phi) is 6.56. The van der Waals surface area contributed by atoms with E-state index in [4.69, 9.17) is 0 Å². The van der Waals surface area contributed by atoms with Gasteiger partial charge in [0.25, 0.3) is 0 Å². The highest BCUT2D eigenvalue weighted by Gasteiger charge is 2.26. The molecule has 0 bridgehead atoms. The molecule has 4 heteroatoms. The largest absolute Gasteiger partial charge is 0.347 e. The third-order valence-electron chi connectivity index (χ3n) is 4.22. The average Bonchev–Trinajstić information content (AvgIpc) is 2.61. The van der Waals surface area contributed by atoms with Crippen LogP contribution in [0.2, 0.25) is 0 Å². The van der Waals surface area contributed by atoms with Gasteiger partial charge in [-0.2, -0.15) is 0 Å². The van der Waals surface area contributed by atoms with Gasteiger partial charge in [0.1, 0.15) is 6.04 Å². The zero-order chi connectivity index (χ0) is 19.2. The van der Waals surface area contributed by atoms with E-state index in [1.807, 2.05) is 81.4 Å². The van der Waals surface area contributed by atoms with E-state index < -0.39 is 11.5 Å². The fourth-order valence-corrected chi connectivity index (χ4v) is 2.56. The van der Waals surface area contributed by atoms with Gasteiger partial charge in [0, 0.05) is 5.41 Å². The number of rotatable bonds is 6. The molecule has 0 aliphatic rings. The molecular weight excluding hydrogens is 324 g/mol. The minimum Gasteiger partial charge on any atom is -0.347 e. The van der Waals surface area contributed by atoms with Crippen LogP contribution in [0.1, 0.15) is 44.9 Å². The summed E-state index contributed by atoms with van der Waals surface area (Å²) in [5.41, 5.74) is 1.66. The Morgan fingerprint density at radius 2 is 1.42 bits per heavy atom. The van der Waals surface area contributed by atoms with Gasteiger partial charge >= 0.3 is 0 Å². The fourth-order valence-electron chi connectivity index (χ4n) is 2.56. The van der Waals surface area contributed by atoms with Gasteiger partial charge < -0.3 is 10.6 Å². The van der Waals surface area contributed by atoms with Crippen LogP contribution in [0.4, 0.5) is 0 Å². The van der Waals surface area contributed by atoms with Gasteiger partial charge in [0.2, 0.25) is 11.8 Å². The summed E-state index contributed by atoms with van der Waals surface area (Å²) in [4.78, 5) is 24.8. The van der Waals surface area contributed by atoms with E-state index in [2.05, 4.69) is 10.6 Å². The molecule has 0 radical (unpaired) electrons. The van der Waals surface area contributed by atoms with E-state index in [-0.39, 0.29) is 17.9 Å². The Hall–Kier alpha value is -2.62. The first kappa shape index (κ1) is 19.7. The second-order valence-corrected chi connectivity index (χ2v) is 7.61. The maximum atomic E-state index is 12.7. The van der Waals surface area contributed by atoms with Crippen LogP contribution in [-0.4, -0.2) is 17.9 Å². The van der Waals surface area contributed by atoms with Crippen molar-refractivity contribution in [2.24, 2.45) is 5.41 Å². The highest BCUT2D eigenvalue weighted by molar-refractivity contribution is 5.89. The predicted molar refractivity (Wildman–Crippen MR) is 105 cm³/mol. The maximum Gasteiger partial charge on any atom is 0.242 e. The number of amides is 2. The third kappa shape index (κ3) is 5.73. The highest BCUT2D eigenvalue weighted by Crippen LogP contribution is 2.19. The molecule has 0 aliphatic carbocycles. The SMILES string of the molecule is CC(NC(=O)C(C)(C)C)C(=O)NC(Cc1ccccc1)c1ccccc1. The number of hydrogen-bond acceptors (Lipinski definition) is 2. The van der Waals surface area contributed by atoms with E-state index in [1.54, 1.807) is 6.92 Å². The zero-order valence-corrected chi connectivity index (χ0v) is 16.0. The second kappa shape index (κ2) is 8.65. The first-order valence-corrected chi connectivity index (χ1v) is 8.97. The molecule has 2 atom stereocenters. The topological polar surface area (TPSA) is 58.2 Å². The van der Waals surface area contributed by atoms with Crippen LogP contribution in [0.25, 0.3) is 0 Å². The molecule has 0 heterocycles. The number of carbonyl (C=O) groups excluding carboxylic acids is 2. The number of hydrogen-bond donors (Lipinski definition) is 2. The lowest BCUT2D eigenvalue weighted by molar-refractivity contribution is -0.133. The summed E-state index contributed by atoms with van der Waals surface area (Å²) in [5.74, 6) is -0.327. The van der Waals surface area contributed by atoms with Crippen molar-refractivity contribution >= 4 is 11.8 Å². The van der Waals surface area contributed by atoms with Crippen molar-refractivity contribution in [3.8, 4) is 0 Å². The summed E-state index contributed by atoms with van der Waals surface area (Å²) in [6.07, 6.45) is 0.691. The van der Waals surface area contributed by atoms with Crippen molar-refractivity contribution < 1.29 is 9.59 Å². The molecule has 0 aromatic heterocycles. The molecule has 2 aromatic carbocycles. The summed E-state index contributed by atoms with van der Waals surface area (Å²) in [6.45, 7) is 7.20. The molecule has 2 aromatic rings. The van der Waals surface area contributed by atoms with E-state index in [1.165, 1.54) is 0 Å². The molecule has 0 spiro atoms. The van der Waals surface area contributed by atoms with Crippen molar-refractivity contribution in [1.82, 2.24) is 10.6 Å². The van der Waals surface area contributed by atoms with Crippen molar-refractivity contribution in [3.05, 3.63) is 71.8 Å². The molecule has 138 valence electrons. The van der Waals surface area contributed by atoms with Gasteiger partial charge in [-0.15, -0.1) is 0 Å². The van der Waals surface area contributed by atoms with Crippen molar-refractivity contribution in [2.45, 2.75) is 46.2 Å². The lowest BCUT2D eigenvalue weighted by Crippen LogP contribution is -2.49. The van der Waals surface area contributed by atoms with E-state index in [9.17, 15) is 9.59 Å². The van der Waals surface area contributed by atoms with Gasteiger partial charge in [-0.25, -0.2) is 0 Å². The fraction of sp³-hybridized carbons (Fsp3) is 0.364. The summed E-state index contributed by atoms with van der Waals surface area (Å²) in [7, 11) is 0. The van der Waals surface area contributed by atoms with Gasteiger partial charge in [-0.3, -0.25) is 9.59 Å². The zero-order valence-electron chi connectivity index (χ0n) is 16.0. The molecule has 2 N–H and O–H groups in total. The van der Waals surface area contributed by atoms with Gasteiger partial charge in [-0.05, 0) is 24.5 Å². The number of benzene rings is 2. The lowest BCUT2D eigenvalue weighted by atomic mass is 9.95. The van der Waals surface area contributed by atoms with Crippen LogP contribution in [0, 0.1) is 5.41 Å². The van der Waals surface area contributed by atoms with Crippen LogP contribution >= 0.6 is 0 Å². The normalized spacial score (nSPS) is 13.5. The highest BCUT2D eigenvalue weighted by atomic mass is 16.2. The van der Waals surface area contributed by atoms with Crippen LogP contribution < -0.4 is 10.6 Å². The molecule has 0 aliphatic heterocycles.